The van der Waals surface area contributed by atoms with Crippen LogP contribution in [0.4, 0.5) is 4.39 Å². The van der Waals surface area contributed by atoms with E-state index in [1.54, 1.807) is 24.5 Å². The van der Waals surface area contributed by atoms with E-state index in [0.29, 0.717) is 0 Å². The predicted octanol–water partition coefficient (Wildman–Crippen LogP) is 3.53. The second-order valence-electron chi connectivity index (χ2n) is 3.17. The normalized spacial score (nSPS) is 9.93. The summed E-state index contributed by atoms with van der Waals surface area (Å²) in [5.41, 5.74) is 2.70. The zero-order valence-corrected chi connectivity index (χ0v) is 8.15. The van der Waals surface area contributed by atoms with Gasteiger partial charge in [0.1, 0.15) is 5.82 Å². The maximum Gasteiger partial charge on any atom is 0.123 e. The Labute approximate surface area is 87.9 Å². The van der Waals surface area contributed by atoms with Crippen molar-refractivity contribution in [2.45, 2.75) is 0 Å². The van der Waals surface area contributed by atoms with Gasteiger partial charge in [0.05, 0.1) is 0 Å². The lowest BCUT2D eigenvalue weighted by atomic mass is 10.0. The molecular weight excluding hydrogens is 189 g/mol. The Morgan fingerprint density at radius 2 is 1.87 bits per heavy atom. The summed E-state index contributed by atoms with van der Waals surface area (Å²) < 4.78 is 13.1. The van der Waals surface area contributed by atoms with Crippen molar-refractivity contribution < 1.29 is 4.39 Å². The second kappa shape index (κ2) is 4.05. The van der Waals surface area contributed by atoms with Crippen LogP contribution in [0.5, 0.6) is 0 Å². The molecule has 2 rings (SSSR count). The lowest BCUT2D eigenvalue weighted by molar-refractivity contribution is 0.628. The van der Waals surface area contributed by atoms with Crippen LogP contribution >= 0.6 is 0 Å². The molecule has 0 saturated heterocycles. The average Bonchev–Trinajstić information content (AvgIpc) is 2.30. The number of pyridine rings is 1. The molecule has 0 aliphatic heterocycles. The zero-order valence-electron chi connectivity index (χ0n) is 8.15. The molecule has 0 aliphatic carbocycles. The Morgan fingerprint density at radius 1 is 1.13 bits per heavy atom. The van der Waals surface area contributed by atoms with Gasteiger partial charge in [-0.2, -0.15) is 0 Å². The molecule has 1 aromatic carbocycles. The van der Waals surface area contributed by atoms with Gasteiger partial charge in [-0.1, -0.05) is 18.7 Å². The highest BCUT2D eigenvalue weighted by Gasteiger charge is 2.03. The van der Waals surface area contributed by atoms with Crippen molar-refractivity contribution in [2.24, 2.45) is 0 Å². The Morgan fingerprint density at radius 3 is 2.53 bits per heavy atom. The van der Waals surface area contributed by atoms with Crippen LogP contribution in [-0.4, -0.2) is 4.98 Å². The molecule has 1 heterocycles. The monoisotopic (exact) mass is 199 g/mol. The van der Waals surface area contributed by atoms with Gasteiger partial charge in [-0.05, 0) is 41.0 Å². The van der Waals surface area contributed by atoms with Crippen LogP contribution < -0.4 is 0 Å². The van der Waals surface area contributed by atoms with Crippen molar-refractivity contribution in [3.05, 3.63) is 60.7 Å². The van der Waals surface area contributed by atoms with Crippen molar-refractivity contribution >= 4 is 6.08 Å². The third-order valence-corrected chi connectivity index (χ3v) is 2.23. The van der Waals surface area contributed by atoms with E-state index in [1.807, 2.05) is 12.1 Å². The summed E-state index contributed by atoms with van der Waals surface area (Å²) in [7, 11) is 0. The van der Waals surface area contributed by atoms with E-state index < -0.39 is 0 Å². The molecule has 2 aromatic rings. The predicted molar refractivity (Wildman–Crippen MR) is 59.7 cm³/mol. The molecule has 0 amide bonds. The molecule has 0 N–H and O–H groups in total. The fraction of sp³-hybridized carbons (Fsp3) is 0. The summed E-state index contributed by atoms with van der Waals surface area (Å²) in [4.78, 5) is 3.93. The standard InChI is InChI=1S/C13H10FN/c1-2-10-3-4-12(14)9-13(10)11-5-7-15-8-6-11/h2-9H,1H2. The summed E-state index contributed by atoms with van der Waals surface area (Å²) in [6, 6.07) is 8.36. The number of rotatable bonds is 2. The van der Waals surface area contributed by atoms with E-state index in [0.717, 1.165) is 16.7 Å². The number of aromatic nitrogens is 1. The minimum atomic E-state index is -0.243. The first-order valence-corrected chi connectivity index (χ1v) is 4.63. The molecule has 15 heavy (non-hydrogen) atoms. The molecule has 0 aliphatic rings. The highest BCUT2D eigenvalue weighted by Crippen LogP contribution is 2.24. The van der Waals surface area contributed by atoms with Crippen LogP contribution in [0.15, 0.2) is 49.3 Å². The third kappa shape index (κ3) is 1.94. The first-order chi connectivity index (χ1) is 7.31. The molecule has 0 bridgehead atoms. The topological polar surface area (TPSA) is 12.9 Å². The lowest BCUT2D eigenvalue weighted by Crippen LogP contribution is -1.85. The largest absolute Gasteiger partial charge is 0.265 e. The Balaban J connectivity index is 2.61. The number of hydrogen-bond acceptors (Lipinski definition) is 1. The van der Waals surface area contributed by atoms with Crippen LogP contribution in [-0.2, 0) is 0 Å². The smallest absolute Gasteiger partial charge is 0.123 e. The summed E-state index contributed by atoms with van der Waals surface area (Å²) in [6.45, 7) is 3.71. The van der Waals surface area contributed by atoms with Gasteiger partial charge in [-0.25, -0.2) is 4.39 Å². The molecule has 0 fully saturated rings. The Kier molecular flexibility index (Phi) is 2.59. The Hall–Kier alpha value is -1.96. The van der Waals surface area contributed by atoms with Crippen molar-refractivity contribution in [1.82, 2.24) is 4.98 Å². The van der Waals surface area contributed by atoms with Gasteiger partial charge in [-0.3, -0.25) is 4.98 Å². The Bertz CT molecular complexity index is 477. The first-order valence-electron chi connectivity index (χ1n) is 4.63. The molecule has 2 heteroatoms. The van der Waals surface area contributed by atoms with Gasteiger partial charge in [0.15, 0.2) is 0 Å². The van der Waals surface area contributed by atoms with Crippen LogP contribution in [0.1, 0.15) is 5.56 Å². The summed E-state index contributed by atoms with van der Waals surface area (Å²) in [6.07, 6.45) is 5.09. The van der Waals surface area contributed by atoms with E-state index in [4.69, 9.17) is 0 Å². The van der Waals surface area contributed by atoms with Gasteiger partial charge in [0, 0.05) is 12.4 Å². The molecule has 0 atom stereocenters. The maximum absolute atomic E-state index is 13.1. The van der Waals surface area contributed by atoms with Crippen LogP contribution in [0.2, 0.25) is 0 Å². The van der Waals surface area contributed by atoms with E-state index in [1.165, 1.54) is 12.1 Å². The number of halogens is 1. The van der Waals surface area contributed by atoms with Crippen LogP contribution in [0.3, 0.4) is 0 Å². The van der Waals surface area contributed by atoms with Crippen molar-refractivity contribution in [1.29, 1.82) is 0 Å². The summed E-state index contributed by atoms with van der Waals surface area (Å²) in [5.74, 6) is -0.243. The van der Waals surface area contributed by atoms with Crippen molar-refractivity contribution in [3.8, 4) is 11.1 Å². The molecular formula is C13H10FN. The molecule has 0 spiro atoms. The fourth-order valence-corrected chi connectivity index (χ4v) is 1.49. The van der Waals surface area contributed by atoms with Crippen LogP contribution in [0.25, 0.3) is 17.2 Å². The SMILES string of the molecule is C=Cc1ccc(F)cc1-c1ccncc1. The van der Waals surface area contributed by atoms with E-state index in [2.05, 4.69) is 11.6 Å². The van der Waals surface area contributed by atoms with Crippen LogP contribution in [0, 0.1) is 5.82 Å². The quantitative estimate of drug-likeness (QED) is 0.721. The van der Waals surface area contributed by atoms with Gasteiger partial charge in [0.2, 0.25) is 0 Å². The highest BCUT2D eigenvalue weighted by atomic mass is 19.1. The van der Waals surface area contributed by atoms with Gasteiger partial charge in [0.25, 0.3) is 0 Å². The average molecular weight is 199 g/mol. The highest BCUT2D eigenvalue weighted by molar-refractivity contribution is 5.74. The minimum Gasteiger partial charge on any atom is -0.265 e. The van der Waals surface area contributed by atoms with Crippen molar-refractivity contribution in [3.63, 3.8) is 0 Å². The van der Waals surface area contributed by atoms with E-state index in [9.17, 15) is 4.39 Å². The lowest BCUT2D eigenvalue weighted by Gasteiger charge is -2.05. The van der Waals surface area contributed by atoms with E-state index in [-0.39, 0.29) is 5.82 Å². The molecule has 1 nitrogen and oxygen atoms in total. The van der Waals surface area contributed by atoms with Gasteiger partial charge in [-0.15, -0.1) is 0 Å². The van der Waals surface area contributed by atoms with Crippen molar-refractivity contribution in [2.75, 3.05) is 0 Å². The zero-order chi connectivity index (χ0) is 10.7. The molecule has 0 unspecified atom stereocenters. The second-order valence-corrected chi connectivity index (χ2v) is 3.17. The fourth-order valence-electron chi connectivity index (χ4n) is 1.49. The number of benzene rings is 1. The first kappa shape index (κ1) is 9.59. The molecule has 74 valence electrons. The maximum atomic E-state index is 13.1. The summed E-state index contributed by atoms with van der Waals surface area (Å²) >= 11 is 0. The number of nitrogens with zero attached hydrogens (tertiary/aromatic N) is 1. The summed E-state index contributed by atoms with van der Waals surface area (Å²) in [5, 5.41) is 0. The van der Waals surface area contributed by atoms with Gasteiger partial charge >= 0.3 is 0 Å². The molecule has 1 aromatic heterocycles. The molecule has 0 saturated carbocycles. The van der Waals surface area contributed by atoms with Gasteiger partial charge < -0.3 is 0 Å². The van der Waals surface area contributed by atoms with E-state index >= 15 is 0 Å². The third-order valence-electron chi connectivity index (χ3n) is 2.23. The number of hydrogen-bond donors (Lipinski definition) is 0. The molecule has 0 radical (unpaired) electrons. The minimum absolute atomic E-state index is 0.243.